The average molecular weight is 573 g/mol. The molecule has 2 aromatic rings. The lowest BCUT2D eigenvalue weighted by atomic mass is 9.74. The smallest absolute Gasteiger partial charge is 0.404 e. The zero-order valence-electron chi connectivity index (χ0n) is 24.0. The molecule has 0 spiro atoms. The molecule has 1 heterocycles. The Morgan fingerprint density at radius 3 is 2.20 bits per heavy atom. The zero-order chi connectivity index (χ0) is 29.3. The number of piperidine rings is 1. The van der Waals surface area contributed by atoms with Crippen LogP contribution in [0.1, 0.15) is 72.3 Å². The number of hydrogen-bond acceptors (Lipinski definition) is 4. The fraction of sp³-hybridized carbons (Fsp3) is 0.562. The van der Waals surface area contributed by atoms with Gasteiger partial charge in [-0.2, -0.15) is 13.2 Å². The standard InChI is InChI=1S/C32H39F3N2O4/c1-20-15-26(9-10-28(20)30(38)36(2)3)41-27-17-22(18-27)16-21-11-13-37(14-12-21)31(39)29(32(33,34)35)23-5-4-6-25(19-23)40-24-7-8-24/h4-6,9-10,15,19,21-22,24,27,29H,7-8,11-14,16-18H2,1-3H3/t22?,27?,29-/m0/s1. The van der Waals surface area contributed by atoms with Crippen molar-refractivity contribution in [1.29, 1.82) is 0 Å². The number of aryl methyl sites for hydroxylation is 1. The summed E-state index contributed by atoms with van der Waals surface area (Å²) in [6, 6.07) is 11.5. The van der Waals surface area contributed by atoms with Crippen LogP contribution in [0.3, 0.4) is 0 Å². The molecule has 9 heteroatoms. The molecule has 1 atom stereocenters. The number of halogens is 3. The van der Waals surface area contributed by atoms with Crippen LogP contribution in [-0.4, -0.2) is 67.2 Å². The molecule has 2 aromatic carbocycles. The van der Waals surface area contributed by atoms with E-state index in [9.17, 15) is 22.8 Å². The number of nitrogens with zero attached hydrogens (tertiary/aromatic N) is 2. The summed E-state index contributed by atoms with van der Waals surface area (Å²) in [5.41, 5.74) is 1.49. The van der Waals surface area contributed by atoms with Crippen LogP contribution >= 0.6 is 0 Å². The van der Waals surface area contributed by atoms with Gasteiger partial charge in [0, 0.05) is 32.7 Å². The van der Waals surface area contributed by atoms with Crippen molar-refractivity contribution < 1.29 is 32.2 Å². The predicted octanol–water partition coefficient (Wildman–Crippen LogP) is 6.37. The van der Waals surface area contributed by atoms with Crippen LogP contribution in [0.5, 0.6) is 11.5 Å². The van der Waals surface area contributed by atoms with Crippen LogP contribution < -0.4 is 9.47 Å². The molecular weight excluding hydrogens is 533 g/mol. The Bertz CT molecular complexity index is 1250. The van der Waals surface area contributed by atoms with Crippen molar-refractivity contribution in [3.63, 3.8) is 0 Å². The second kappa shape index (κ2) is 11.9. The van der Waals surface area contributed by atoms with E-state index in [0.717, 1.165) is 43.4 Å². The van der Waals surface area contributed by atoms with Gasteiger partial charge in [0.15, 0.2) is 5.92 Å². The first-order valence-corrected chi connectivity index (χ1v) is 14.6. The molecule has 3 fully saturated rings. The van der Waals surface area contributed by atoms with Crippen molar-refractivity contribution >= 4 is 11.8 Å². The molecule has 0 N–H and O–H groups in total. The van der Waals surface area contributed by atoms with Crippen LogP contribution in [0, 0.1) is 18.8 Å². The van der Waals surface area contributed by atoms with Crippen LogP contribution in [0.15, 0.2) is 42.5 Å². The number of benzene rings is 2. The van der Waals surface area contributed by atoms with E-state index in [2.05, 4.69) is 0 Å². The summed E-state index contributed by atoms with van der Waals surface area (Å²) in [4.78, 5) is 28.3. The molecule has 3 aliphatic rings. The number of rotatable bonds is 9. The van der Waals surface area contributed by atoms with Crippen molar-refractivity contribution in [2.75, 3.05) is 27.2 Å². The van der Waals surface area contributed by atoms with Crippen molar-refractivity contribution in [2.24, 2.45) is 11.8 Å². The van der Waals surface area contributed by atoms with Gasteiger partial charge < -0.3 is 19.3 Å². The molecule has 0 bridgehead atoms. The second-order valence-corrected chi connectivity index (χ2v) is 12.1. The molecule has 1 saturated heterocycles. The Labute approximate surface area is 239 Å². The number of amides is 2. The monoisotopic (exact) mass is 572 g/mol. The Hall–Kier alpha value is -3.23. The lowest BCUT2D eigenvalue weighted by Crippen LogP contribution is -2.45. The Balaban J connectivity index is 1.09. The summed E-state index contributed by atoms with van der Waals surface area (Å²) in [6.45, 7) is 2.60. The zero-order valence-corrected chi connectivity index (χ0v) is 24.0. The van der Waals surface area contributed by atoms with E-state index in [0.29, 0.717) is 49.1 Å². The normalized spacial score (nSPS) is 22.0. The number of likely N-dealkylation sites (tertiary alicyclic amines) is 1. The minimum atomic E-state index is -4.67. The van der Waals surface area contributed by atoms with E-state index < -0.39 is 18.0 Å². The molecule has 2 aliphatic carbocycles. The molecule has 0 unspecified atom stereocenters. The summed E-state index contributed by atoms with van der Waals surface area (Å²) in [7, 11) is 3.46. The van der Waals surface area contributed by atoms with Gasteiger partial charge in [-0.3, -0.25) is 9.59 Å². The van der Waals surface area contributed by atoms with Gasteiger partial charge in [-0.1, -0.05) is 12.1 Å². The van der Waals surface area contributed by atoms with Gasteiger partial charge in [0.1, 0.15) is 11.5 Å². The summed E-state index contributed by atoms with van der Waals surface area (Å²) in [6.07, 6.45) is 1.63. The summed E-state index contributed by atoms with van der Waals surface area (Å²) in [5, 5.41) is 0. The highest BCUT2D eigenvalue weighted by molar-refractivity contribution is 5.95. The maximum absolute atomic E-state index is 14.1. The van der Waals surface area contributed by atoms with Gasteiger partial charge in [-0.25, -0.2) is 0 Å². The van der Waals surface area contributed by atoms with E-state index in [1.807, 2.05) is 19.1 Å². The first kappa shape index (κ1) is 29.3. The molecular formula is C32H39F3N2O4. The molecule has 0 radical (unpaired) electrons. The van der Waals surface area contributed by atoms with Gasteiger partial charge in [-0.15, -0.1) is 0 Å². The maximum Gasteiger partial charge on any atom is 0.404 e. The average Bonchev–Trinajstić information content (AvgIpc) is 3.71. The third kappa shape index (κ3) is 7.16. The molecule has 5 rings (SSSR count). The molecule has 0 aromatic heterocycles. The quantitative estimate of drug-likeness (QED) is 0.351. The van der Waals surface area contributed by atoms with E-state index in [4.69, 9.17) is 9.47 Å². The van der Waals surface area contributed by atoms with Crippen molar-refractivity contribution in [1.82, 2.24) is 9.80 Å². The highest BCUT2D eigenvalue weighted by Crippen LogP contribution is 2.41. The predicted molar refractivity (Wildman–Crippen MR) is 149 cm³/mol. The lowest BCUT2D eigenvalue weighted by Gasteiger charge is -2.40. The fourth-order valence-electron chi connectivity index (χ4n) is 6.01. The van der Waals surface area contributed by atoms with Gasteiger partial charge in [-0.05, 0) is 105 Å². The van der Waals surface area contributed by atoms with Crippen molar-refractivity contribution in [2.45, 2.75) is 76.2 Å². The van der Waals surface area contributed by atoms with Gasteiger partial charge in [0.05, 0.1) is 12.2 Å². The van der Waals surface area contributed by atoms with Gasteiger partial charge >= 0.3 is 6.18 Å². The minimum Gasteiger partial charge on any atom is -0.490 e. The first-order valence-electron chi connectivity index (χ1n) is 14.6. The van der Waals surface area contributed by atoms with E-state index >= 15 is 0 Å². The molecule has 2 saturated carbocycles. The molecule has 41 heavy (non-hydrogen) atoms. The summed E-state index contributed by atoms with van der Waals surface area (Å²) in [5.74, 6) is -1.03. The van der Waals surface area contributed by atoms with Crippen LogP contribution in [-0.2, 0) is 4.79 Å². The first-order chi connectivity index (χ1) is 19.5. The SMILES string of the molecule is Cc1cc(OC2CC(CC3CCN(C(=O)[C@H](c4cccc(OC5CC5)c4)C(F)(F)F)CC3)C2)ccc1C(=O)N(C)C. The van der Waals surface area contributed by atoms with Crippen molar-refractivity contribution in [3.8, 4) is 11.5 Å². The summed E-state index contributed by atoms with van der Waals surface area (Å²) >= 11 is 0. The van der Waals surface area contributed by atoms with Gasteiger partial charge in [0.2, 0.25) is 5.91 Å². The number of carbonyl (C=O) groups is 2. The second-order valence-electron chi connectivity index (χ2n) is 12.1. The highest BCUT2D eigenvalue weighted by atomic mass is 19.4. The molecule has 1 aliphatic heterocycles. The number of carbonyl (C=O) groups excluding carboxylic acids is 2. The van der Waals surface area contributed by atoms with Crippen LogP contribution in [0.2, 0.25) is 0 Å². The van der Waals surface area contributed by atoms with E-state index in [-0.39, 0.29) is 23.7 Å². The van der Waals surface area contributed by atoms with Crippen LogP contribution in [0.25, 0.3) is 0 Å². The number of hydrogen-bond donors (Lipinski definition) is 0. The number of ether oxygens (including phenoxy) is 2. The minimum absolute atomic E-state index is 0.0351. The lowest BCUT2D eigenvalue weighted by molar-refractivity contribution is -0.173. The third-order valence-corrected chi connectivity index (χ3v) is 8.52. The van der Waals surface area contributed by atoms with Crippen LogP contribution in [0.4, 0.5) is 13.2 Å². The Morgan fingerprint density at radius 1 is 0.927 bits per heavy atom. The molecule has 6 nitrogen and oxygen atoms in total. The Kier molecular flexibility index (Phi) is 8.52. The largest absolute Gasteiger partial charge is 0.490 e. The maximum atomic E-state index is 14.1. The summed E-state index contributed by atoms with van der Waals surface area (Å²) < 4.78 is 54.1. The topological polar surface area (TPSA) is 59.1 Å². The van der Waals surface area contributed by atoms with E-state index in [1.165, 1.54) is 23.1 Å². The van der Waals surface area contributed by atoms with Crippen molar-refractivity contribution in [3.05, 3.63) is 59.2 Å². The van der Waals surface area contributed by atoms with Gasteiger partial charge in [0.25, 0.3) is 5.91 Å². The van der Waals surface area contributed by atoms with E-state index in [1.54, 1.807) is 31.1 Å². The number of alkyl halides is 3. The molecule has 2 amide bonds. The molecule has 222 valence electrons. The third-order valence-electron chi connectivity index (χ3n) is 8.52. The highest BCUT2D eigenvalue weighted by Gasteiger charge is 2.48. The fourth-order valence-corrected chi connectivity index (χ4v) is 6.01. The Morgan fingerprint density at radius 2 is 1.59 bits per heavy atom.